The van der Waals surface area contributed by atoms with Gasteiger partial charge in [0.05, 0.1) is 6.33 Å². The summed E-state index contributed by atoms with van der Waals surface area (Å²) in [4.78, 5) is 28.6. The van der Waals surface area contributed by atoms with Crippen molar-refractivity contribution in [2.45, 2.75) is 36.4 Å². The molecule has 10 nitrogen and oxygen atoms in total. The number of hydrogen-bond donors (Lipinski definition) is 3. The van der Waals surface area contributed by atoms with E-state index in [1.807, 2.05) is 0 Å². The number of benzene rings is 1. The number of imidazole rings is 1. The summed E-state index contributed by atoms with van der Waals surface area (Å²) in [5.41, 5.74) is 0.569. The van der Waals surface area contributed by atoms with E-state index >= 15 is 0 Å². The molecule has 1 aromatic carbocycles. The van der Waals surface area contributed by atoms with Crippen molar-refractivity contribution < 1.29 is 27.9 Å². The third kappa shape index (κ3) is 5.40. The van der Waals surface area contributed by atoms with E-state index in [4.69, 9.17) is 4.74 Å². The second-order valence-electron chi connectivity index (χ2n) is 6.81. The van der Waals surface area contributed by atoms with Crippen LogP contribution in [0.3, 0.4) is 0 Å². The Morgan fingerprint density at radius 3 is 2.69 bits per heavy atom. The van der Waals surface area contributed by atoms with Gasteiger partial charge in [-0.25, -0.2) is 23.0 Å². The summed E-state index contributed by atoms with van der Waals surface area (Å²) in [6, 6.07) is 3.99. The first-order chi connectivity index (χ1) is 13.7. The number of carbonyl (C=O) groups excluding carboxylic acids is 2. The zero-order valence-electron chi connectivity index (χ0n) is 15.7. The van der Waals surface area contributed by atoms with Gasteiger partial charge in [0.15, 0.2) is 5.03 Å². The van der Waals surface area contributed by atoms with Crippen LogP contribution in [-0.2, 0) is 37.8 Å². The van der Waals surface area contributed by atoms with Gasteiger partial charge in [0.1, 0.15) is 17.8 Å². The monoisotopic (exact) mass is 422 g/mol. The third-order valence-corrected chi connectivity index (χ3v) is 5.82. The highest BCUT2D eigenvalue weighted by atomic mass is 32.2. The number of hydrogen-bond acceptors (Lipinski definition) is 8. The van der Waals surface area contributed by atoms with Crippen LogP contribution < -0.4 is 10.0 Å². The molecule has 3 N–H and O–H groups in total. The lowest BCUT2D eigenvalue weighted by molar-refractivity contribution is -0.162. The molecule has 0 saturated carbocycles. The van der Waals surface area contributed by atoms with Gasteiger partial charge in [-0.1, -0.05) is 12.1 Å². The third-order valence-electron chi connectivity index (χ3n) is 4.46. The van der Waals surface area contributed by atoms with Crippen molar-refractivity contribution in [3.8, 4) is 5.75 Å². The predicted molar refractivity (Wildman–Crippen MR) is 101 cm³/mol. The molecule has 0 aliphatic carbocycles. The van der Waals surface area contributed by atoms with Crippen LogP contribution in [0.4, 0.5) is 0 Å². The molecule has 29 heavy (non-hydrogen) atoms. The fourth-order valence-corrected chi connectivity index (χ4v) is 4.11. The SMILES string of the molecule is Cn1cnc(S(=O)(=O)N[C@@H](Cc2ccc(O)cc2)C(=O)OC(=O)[C@@H]2CCCN2)c1. The van der Waals surface area contributed by atoms with Gasteiger partial charge in [-0.05, 0) is 43.5 Å². The van der Waals surface area contributed by atoms with Gasteiger partial charge in [-0.3, -0.25) is 0 Å². The summed E-state index contributed by atoms with van der Waals surface area (Å²) in [5.74, 6) is -1.71. The van der Waals surface area contributed by atoms with E-state index in [-0.39, 0.29) is 17.2 Å². The summed E-state index contributed by atoms with van der Waals surface area (Å²) in [6.07, 6.45) is 3.87. The average Bonchev–Trinajstić information content (AvgIpc) is 3.35. The molecule has 2 atom stereocenters. The van der Waals surface area contributed by atoms with Crippen molar-refractivity contribution in [3.63, 3.8) is 0 Å². The molecular formula is C18H22N4O6S. The second-order valence-corrected chi connectivity index (χ2v) is 8.47. The minimum Gasteiger partial charge on any atom is -0.508 e. The average molecular weight is 422 g/mol. The number of aryl methyl sites for hydroxylation is 1. The number of sulfonamides is 1. The first-order valence-corrected chi connectivity index (χ1v) is 10.5. The van der Waals surface area contributed by atoms with Gasteiger partial charge in [0, 0.05) is 13.2 Å². The van der Waals surface area contributed by atoms with Gasteiger partial charge >= 0.3 is 11.9 Å². The molecule has 1 aliphatic rings. The Morgan fingerprint density at radius 2 is 2.10 bits per heavy atom. The lowest BCUT2D eigenvalue weighted by Crippen LogP contribution is -2.45. The summed E-state index contributed by atoms with van der Waals surface area (Å²) in [7, 11) is -2.51. The Hall–Kier alpha value is -2.76. The number of phenolic OH excluding ortho intramolecular Hbond substituents is 1. The van der Waals surface area contributed by atoms with Crippen molar-refractivity contribution >= 4 is 22.0 Å². The van der Waals surface area contributed by atoms with E-state index in [9.17, 15) is 23.1 Å². The Balaban J connectivity index is 1.79. The molecule has 3 rings (SSSR count). The van der Waals surface area contributed by atoms with E-state index in [1.54, 1.807) is 19.2 Å². The Labute approximate surface area is 167 Å². The van der Waals surface area contributed by atoms with Crippen molar-refractivity contribution in [1.82, 2.24) is 19.6 Å². The van der Waals surface area contributed by atoms with Crippen LogP contribution in [0.15, 0.2) is 41.8 Å². The van der Waals surface area contributed by atoms with Crippen molar-refractivity contribution in [2.75, 3.05) is 6.54 Å². The van der Waals surface area contributed by atoms with E-state index in [1.165, 1.54) is 29.2 Å². The molecule has 0 unspecified atom stereocenters. The van der Waals surface area contributed by atoms with Gasteiger partial charge in [0.2, 0.25) is 0 Å². The van der Waals surface area contributed by atoms with Crippen LogP contribution in [0.2, 0.25) is 0 Å². The van der Waals surface area contributed by atoms with Crippen molar-refractivity contribution in [3.05, 3.63) is 42.4 Å². The summed E-state index contributed by atoms with van der Waals surface area (Å²) in [5, 5.41) is 12.1. The van der Waals surface area contributed by atoms with E-state index < -0.39 is 34.0 Å². The van der Waals surface area contributed by atoms with Gasteiger partial charge in [-0.15, -0.1) is 0 Å². The fourth-order valence-electron chi connectivity index (χ4n) is 2.94. The first kappa shape index (κ1) is 21.0. The minimum atomic E-state index is -4.13. The molecule has 1 aliphatic heterocycles. The van der Waals surface area contributed by atoms with Crippen molar-refractivity contribution in [2.24, 2.45) is 7.05 Å². The van der Waals surface area contributed by atoms with Crippen LogP contribution in [0.25, 0.3) is 0 Å². The molecule has 1 saturated heterocycles. The molecule has 2 aromatic rings. The number of aromatic hydroxyl groups is 1. The highest BCUT2D eigenvalue weighted by Crippen LogP contribution is 2.15. The van der Waals surface area contributed by atoms with Crippen LogP contribution in [-0.4, -0.2) is 53.6 Å². The molecule has 0 radical (unpaired) electrons. The Kier molecular flexibility index (Phi) is 6.30. The van der Waals surface area contributed by atoms with Crippen LogP contribution in [0.5, 0.6) is 5.75 Å². The summed E-state index contributed by atoms with van der Waals surface area (Å²) >= 11 is 0. The number of ether oxygens (including phenoxy) is 1. The minimum absolute atomic E-state index is 0.0319. The molecule has 11 heteroatoms. The number of rotatable bonds is 7. The number of nitrogens with zero attached hydrogens (tertiary/aromatic N) is 2. The predicted octanol–water partition coefficient (Wildman–Crippen LogP) is -0.163. The number of carbonyl (C=O) groups is 2. The second kappa shape index (κ2) is 8.72. The van der Waals surface area contributed by atoms with Crippen LogP contribution in [0.1, 0.15) is 18.4 Å². The molecule has 0 spiro atoms. The maximum Gasteiger partial charge on any atom is 0.332 e. The number of aromatic nitrogens is 2. The molecule has 1 aromatic heterocycles. The van der Waals surface area contributed by atoms with Gasteiger partial charge in [0.25, 0.3) is 10.0 Å². The lowest BCUT2D eigenvalue weighted by Gasteiger charge is -2.18. The number of nitrogens with one attached hydrogen (secondary N) is 2. The largest absolute Gasteiger partial charge is 0.508 e. The number of phenols is 1. The molecule has 2 heterocycles. The zero-order chi connectivity index (χ0) is 21.0. The van der Waals surface area contributed by atoms with E-state index in [2.05, 4.69) is 15.0 Å². The Morgan fingerprint density at radius 1 is 1.38 bits per heavy atom. The Bertz CT molecular complexity index is 980. The van der Waals surface area contributed by atoms with E-state index in [0.717, 1.165) is 6.42 Å². The smallest absolute Gasteiger partial charge is 0.332 e. The molecule has 0 amide bonds. The molecule has 156 valence electrons. The first-order valence-electron chi connectivity index (χ1n) is 9.02. The zero-order valence-corrected chi connectivity index (χ0v) is 16.6. The molecular weight excluding hydrogens is 400 g/mol. The standard InChI is InChI=1S/C18H22N4O6S/c1-22-10-16(20-11-22)29(26,27)21-15(9-12-4-6-13(23)7-5-12)18(25)28-17(24)14-3-2-8-19-14/h4-7,10-11,14-15,19,21,23H,2-3,8-9H2,1H3/t14-,15-/m0/s1. The fraction of sp³-hybridized carbons (Fsp3) is 0.389. The topological polar surface area (TPSA) is 140 Å². The van der Waals surface area contributed by atoms with Crippen LogP contribution in [0, 0.1) is 0 Å². The van der Waals surface area contributed by atoms with Gasteiger partial charge in [-0.2, -0.15) is 4.72 Å². The maximum atomic E-state index is 12.6. The lowest BCUT2D eigenvalue weighted by atomic mass is 10.1. The maximum absolute atomic E-state index is 12.6. The quantitative estimate of drug-likeness (QED) is 0.413. The number of esters is 2. The molecule has 0 bridgehead atoms. The summed E-state index contributed by atoms with van der Waals surface area (Å²) in [6.45, 7) is 0.650. The highest BCUT2D eigenvalue weighted by molar-refractivity contribution is 7.89. The highest BCUT2D eigenvalue weighted by Gasteiger charge is 2.32. The van der Waals surface area contributed by atoms with Crippen LogP contribution >= 0.6 is 0 Å². The van der Waals surface area contributed by atoms with E-state index in [0.29, 0.717) is 18.5 Å². The normalized spacial score (nSPS) is 17.8. The molecule has 1 fully saturated rings. The van der Waals surface area contributed by atoms with Crippen molar-refractivity contribution in [1.29, 1.82) is 0 Å². The van der Waals surface area contributed by atoms with Gasteiger partial charge < -0.3 is 19.7 Å². The summed E-state index contributed by atoms with van der Waals surface area (Å²) < 4.78 is 33.9.